The Kier molecular flexibility index (Phi) is 6.11. The number of sulfone groups is 1. The van der Waals surface area contributed by atoms with Gasteiger partial charge in [-0.05, 0) is 42.5 Å². The van der Waals surface area contributed by atoms with Gasteiger partial charge in [0.15, 0.2) is 12.3 Å². The molecule has 0 unspecified atom stereocenters. The van der Waals surface area contributed by atoms with Gasteiger partial charge in [0, 0.05) is 6.20 Å². The summed E-state index contributed by atoms with van der Waals surface area (Å²) in [6.45, 7) is -0.00255. The van der Waals surface area contributed by atoms with E-state index in [-0.39, 0.29) is 39.6 Å². The molecule has 2 aromatic heterocycles. The van der Waals surface area contributed by atoms with Gasteiger partial charge in [0.05, 0.1) is 15.5 Å². The second-order valence-electron chi connectivity index (χ2n) is 6.73. The molecule has 9 nitrogen and oxygen atoms in total. The molecule has 2 N–H and O–H groups in total. The molecule has 0 saturated carbocycles. The number of nitrogens with two attached hydrogens (primary N) is 1. The van der Waals surface area contributed by atoms with Crippen LogP contribution in [-0.4, -0.2) is 30.0 Å². The number of nitrogens with zero attached hydrogens (tertiary/aromatic N) is 3. The molecule has 4 aromatic rings. The maximum atomic E-state index is 12.8. The third-order valence-electron chi connectivity index (χ3n) is 4.34. The van der Waals surface area contributed by atoms with Crippen LogP contribution in [0.15, 0.2) is 81.1 Å². The van der Waals surface area contributed by atoms with Gasteiger partial charge in [-0.15, -0.1) is 23.4 Å². The quantitative estimate of drug-likeness (QED) is 0.406. The predicted octanol–water partition coefficient (Wildman–Crippen LogP) is 4.02. The Bertz CT molecular complexity index is 1390. The van der Waals surface area contributed by atoms with Crippen LogP contribution in [0.5, 0.6) is 11.5 Å². The van der Waals surface area contributed by atoms with E-state index < -0.39 is 21.9 Å². The first-order valence-corrected chi connectivity index (χ1v) is 11.0. The smallest absolute Gasteiger partial charge is 0.484 e. The van der Waals surface area contributed by atoms with E-state index in [0.29, 0.717) is 5.75 Å². The van der Waals surface area contributed by atoms with E-state index in [1.807, 2.05) is 6.07 Å². The number of hydrogen-bond donors (Lipinski definition) is 1. The average Bonchev–Trinajstić information content (AvgIpc) is 3.26. The lowest BCUT2D eigenvalue weighted by Crippen LogP contribution is -2.17. The Morgan fingerprint density at radius 2 is 1.65 bits per heavy atom. The van der Waals surface area contributed by atoms with E-state index >= 15 is 0 Å². The van der Waals surface area contributed by atoms with Gasteiger partial charge in [0.1, 0.15) is 11.5 Å². The monoisotopic (exact) mass is 492 g/mol. The minimum absolute atomic E-state index is 0.00255. The normalized spacial score (nSPS) is 11.9. The maximum absolute atomic E-state index is 12.8. The summed E-state index contributed by atoms with van der Waals surface area (Å²) >= 11 is 0. The summed E-state index contributed by atoms with van der Waals surface area (Å²) in [4.78, 5) is 3.48. The van der Waals surface area contributed by atoms with Crippen molar-refractivity contribution < 1.29 is 35.5 Å². The third-order valence-corrected chi connectivity index (χ3v) is 6.08. The van der Waals surface area contributed by atoms with Crippen LogP contribution < -0.4 is 15.2 Å². The Morgan fingerprint density at radius 1 is 0.941 bits per heavy atom. The number of rotatable bonds is 7. The van der Waals surface area contributed by atoms with Gasteiger partial charge in [-0.2, -0.15) is 0 Å². The van der Waals surface area contributed by atoms with Crippen molar-refractivity contribution in [3.63, 3.8) is 0 Å². The van der Waals surface area contributed by atoms with Crippen LogP contribution in [0.1, 0.15) is 5.89 Å². The molecule has 2 heterocycles. The van der Waals surface area contributed by atoms with Crippen LogP contribution in [0.25, 0.3) is 11.6 Å². The fraction of sp³-hybridized carbons (Fsp3) is 0.0952. The van der Waals surface area contributed by atoms with E-state index in [9.17, 15) is 21.6 Å². The van der Waals surface area contributed by atoms with Crippen LogP contribution in [0.4, 0.5) is 18.9 Å². The highest BCUT2D eigenvalue weighted by Crippen LogP contribution is 2.30. The second kappa shape index (κ2) is 9.02. The Hall–Kier alpha value is -4.13. The van der Waals surface area contributed by atoms with Crippen molar-refractivity contribution in [1.29, 1.82) is 0 Å². The minimum Gasteiger partial charge on any atom is -0.484 e. The zero-order valence-corrected chi connectivity index (χ0v) is 17.9. The molecule has 2 aromatic carbocycles. The van der Waals surface area contributed by atoms with Gasteiger partial charge in [-0.25, -0.2) is 13.4 Å². The molecule has 0 saturated heterocycles. The summed E-state index contributed by atoms with van der Waals surface area (Å²) in [5.74, 6) is 0.162. The van der Waals surface area contributed by atoms with Gasteiger partial charge in [0.2, 0.25) is 9.84 Å². The van der Waals surface area contributed by atoms with E-state index in [2.05, 4.69) is 19.9 Å². The Morgan fingerprint density at radius 3 is 2.29 bits per heavy atom. The Balaban J connectivity index is 1.51. The van der Waals surface area contributed by atoms with E-state index in [0.717, 1.165) is 36.5 Å². The van der Waals surface area contributed by atoms with Crippen molar-refractivity contribution >= 4 is 15.5 Å². The number of pyridine rings is 1. The number of nitrogen functional groups attached to an aromatic ring is 1. The summed E-state index contributed by atoms with van der Waals surface area (Å²) in [6.07, 6.45) is -3.86. The summed E-state index contributed by atoms with van der Waals surface area (Å²) in [5.41, 5.74) is 5.97. The van der Waals surface area contributed by atoms with E-state index in [1.165, 1.54) is 0 Å². The first kappa shape index (κ1) is 23.0. The molecule has 13 heteroatoms. The van der Waals surface area contributed by atoms with Crippen LogP contribution in [0.3, 0.4) is 0 Å². The molecule has 0 aliphatic carbocycles. The first-order valence-electron chi connectivity index (χ1n) is 9.49. The largest absolute Gasteiger partial charge is 0.573 e. The molecule has 0 aliphatic rings. The number of ether oxygens (including phenoxy) is 2. The van der Waals surface area contributed by atoms with Crippen LogP contribution >= 0.6 is 0 Å². The number of hydrogen-bond acceptors (Lipinski definition) is 9. The van der Waals surface area contributed by atoms with Gasteiger partial charge in [-0.1, -0.05) is 18.2 Å². The topological polar surface area (TPSA) is 130 Å². The van der Waals surface area contributed by atoms with Gasteiger partial charge >= 0.3 is 6.36 Å². The van der Waals surface area contributed by atoms with E-state index in [1.54, 1.807) is 24.3 Å². The molecule has 0 bridgehead atoms. The lowest BCUT2D eigenvalue weighted by atomic mass is 10.3. The van der Waals surface area contributed by atoms with Crippen molar-refractivity contribution in [2.45, 2.75) is 22.8 Å². The standard InChI is InChI=1S/C21H15F3N4O5S/c22-21(23,24)33-14-6-8-15(9-7-14)34(29,30)16-10-17(25)19(26-11-16)20-28-27-18(32-20)12-31-13-4-2-1-3-5-13/h1-11H,12,25H2. The third kappa shape index (κ3) is 5.26. The molecule has 0 atom stereocenters. The highest BCUT2D eigenvalue weighted by Gasteiger charge is 2.31. The summed E-state index contributed by atoms with van der Waals surface area (Å²) in [6, 6.07) is 13.9. The van der Waals surface area contributed by atoms with Crippen molar-refractivity contribution in [2.75, 3.05) is 5.73 Å². The molecular formula is C21H15F3N4O5S. The van der Waals surface area contributed by atoms with Gasteiger partial charge in [0.25, 0.3) is 11.8 Å². The average molecular weight is 492 g/mol. The minimum atomic E-state index is -4.89. The summed E-state index contributed by atoms with van der Waals surface area (Å²) in [7, 11) is -4.12. The molecular weight excluding hydrogens is 477 g/mol. The molecule has 0 amide bonds. The van der Waals surface area contributed by atoms with Gasteiger partial charge < -0.3 is 19.6 Å². The number of aromatic nitrogens is 3. The molecule has 176 valence electrons. The number of halogens is 3. The van der Waals surface area contributed by atoms with Crippen molar-refractivity contribution in [3.05, 3.63) is 72.8 Å². The second-order valence-corrected chi connectivity index (χ2v) is 8.68. The fourth-order valence-corrected chi connectivity index (χ4v) is 4.05. The van der Waals surface area contributed by atoms with Gasteiger partial charge in [-0.3, -0.25) is 0 Å². The van der Waals surface area contributed by atoms with Crippen LogP contribution in [-0.2, 0) is 16.4 Å². The molecule has 0 fully saturated rings. The zero-order chi connectivity index (χ0) is 24.3. The zero-order valence-electron chi connectivity index (χ0n) is 17.1. The summed E-state index contributed by atoms with van der Waals surface area (Å²) in [5, 5.41) is 7.71. The van der Waals surface area contributed by atoms with Crippen LogP contribution in [0.2, 0.25) is 0 Å². The number of benzene rings is 2. The number of anilines is 1. The number of para-hydroxylation sites is 1. The molecule has 34 heavy (non-hydrogen) atoms. The lowest BCUT2D eigenvalue weighted by Gasteiger charge is -2.10. The first-order chi connectivity index (χ1) is 16.1. The maximum Gasteiger partial charge on any atom is 0.573 e. The number of alkyl halides is 3. The SMILES string of the molecule is Nc1cc(S(=O)(=O)c2ccc(OC(F)(F)F)cc2)cnc1-c1nnc(COc2ccccc2)o1. The van der Waals surface area contributed by atoms with Crippen molar-refractivity contribution in [3.8, 4) is 23.1 Å². The molecule has 0 aliphatic heterocycles. The van der Waals surface area contributed by atoms with Crippen LogP contribution in [0, 0.1) is 0 Å². The predicted molar refractivity (Wildman–Crippen MR) is 111 cm³/mol. The highest BCUT2D eigenvalue weighted by molar-refractivity contribution is 7.91. The Labute approximate surface area is 190 Å². The van der Waals surface area contributed by atoms with Crippen molar-refractivity contribution in [1.82, 2.24) is 15.2 Å². The molecule has 4 rings (SSSR count). The summed E-state index contributed by atoms with van der Waals surface area (Å²) < 4.78 is 77.3. The van der Waals surface area contributed by atoms with E-state index in [4.69, 9.17) is 14.9 Å². The molecule has 0 spiro atoms. The highest BCUT2D eigenvalue weighted by atomic mass is 32.2. The molecule has 0 radical (unpaired) electrons. The lowest BCUT2D eigenvalue weighted by molar-refractivity contribution is -0.274. The fourth-order valence-electron chi connectivity index (χ4n) is 2.81. The van der Waals surface area contributed by atoms with Crippen molar-refractivity contribution in [2.24, 2.45) is 0 Å².